The quantitative estimate of drug-likeness (QED) is 0.648. The molecule has 66 valence electrons. The fourth-order valence-electron chi connectivity index (χ4n) is 0.968. The van der Waals surface area contributed by atoms with Gasteiger partial charge in [-0.05, 0) is 12.0 Å². The Balaban J connectivity index is 4.22. The maximum absolute atomic E-state index is 10.7. The molecule has 0 aromatic heterocycles. The molecule has 1 atom stereocenters. The smallest absolute Gasteiger partial charge is 0.321 e. The van der Waals surface area contributed by atoms with E-state index < -0.39 is 12.0 Å². The van der Waals surface area contributed by atoms with E-state index >= 15 is 0 Å². The number of hydrogen-bond donors (Lipinski definition) is 2. The van der Waals surface area contributed by atoms with Gasteiger partial charge >= 0.3 is 5.97 Å². The summed E-state index contributed by atoms with van der Waals surface area (Å²) in [5, 5.41) is 11.7. The Morgan fingerprint density at radius 3 is 2.09 bits per heavy atom. The van der Waals surface area contributed by atoms with E-state index in [1.165, 1.54) is 0 Å². The summed E-state index contributed by atoms with van der Waals surface area (Å²) < 4.78 is 0. The van der Waals surface area contributed by atoms with E-state index in [0.717, 1.165) is 0 Å². The maximum Gasteiger partial charge on any atom is 0.321 e. The Bertz CT molecular complexity index is 138. The lowest BCUT2D eigenvalue weighted by Gasteiger charge is -2.27. The van der Waals surface area contributed by atoms with E-state index in [1.807, 2.05) is 27.7 Å². The molecule has 0 aromatic carbocycles. The number of likely N-dealkylation sites (N-methyl/N-ethyl adjacent to an activating group) is 1. The Kier molecular flexibility index (Phi) is 3.52. The van der Waals surface area contributed by atoms with Gasteiger partial charge in [-0.15, -0.1) is 0 Å². The molecule has 0 rings (SSSR count). The minimum absolute atomic E-state index is 0.220. The standard InChI is InChI=1S/C8H17NO2/c1-5-9-6(7(10)11)8(2,3)4/h6,9H,5H2,1-4H3,(H,10,11). The lowest BCUT2D eigenvalue weighted by Crippen LogP contribution is -2.46. The molecule has 3 nitrogen and oxygen atoms in total. The normalized spacial score (nSPS) is 14.5. The Morgan fingerprint density at radius 1 is 1.55 bits per heavy atom. The maximum atomic E-state index is 10.7. The van der Waals surface area contributed by atoms with Crippen LogP contribution in [0.25, 0.3) is 0 Å². The van der Waals surface area contributed by atoms with Gasteiger partial charge in [0, 0.05) is 0 Å². The minimum atomic E-state index is -0.778. The average Bonchev–Trinajstić information content (AvgIpc) is 1.79. The third-order valence-corrected chi connectivity index (χ3v) is 1.52. The predicted octanol–water partition coefficient (Wildman–Crippen LogP) is 1.10. The zero-order chi connectivity index (χ0) is 9.07. The lowest BCUT2D eigenvalue weighted by molar-refractivity contribution is -0.142. The molecule has 0 aromatic rings. The van der Waals surface area contributed by atoms with Crippen LogP contribution >= 0.6 is 0 Å². The summed E-state index contributed by atoms with van der Waals surface area (Å²) in [4.78, 5) is 10.7. The van der Waals surface area contributed by atoms with Crippen molar-refractivity contribution in [2.45, 2.75) is 33.7 Å². The first-order valence-corrected chi connectivity index (χ1v) is 3.85. The van der Waals surface area contributed by atoms with E-state index in [1.54, 1.807) is 0 Å². The first kappa shape index (κ1) is 10.4. The van der Waals surface area contributed by atoms with Crippen molar-refractivity contribution in [1.29, 1.82) is 0 Å². The number of carboxylic acid groups (broad SMARTS) is 1. The van der Waals surface area contributed by atoms with Crippen molar-refractivity contribution >= 4 is 5.97 Å². The second kappa shape index (κ2) is 3.72. The van der Waals surface area contributed by atoms with Crippen LogP contribution in [0.1, 0.15) is 27.7 Å². The molecule has 0 aliphatic rings. The van der Waals surface area contributed by atoms with Crippen LogP contribution in [0.5, 0.6) is 0 Å². The molecule has 2 N–H and O–H groups in total. The number of carbonyl (C=O) groups is 1. The van der Waals surface area contributed by atoms with Crippen LogP contribution in [0.2, 0.25) is 0 Å². The zero-order valence-electron chi connectivity index (χ0n) is 7.64. The highest BCUT2D eigenvalue weighted by Crippen LogP contribution is 2.18. The Morgan fingerprint density at radius 2 is 2.00 bits per heavy atom. The molecular weight excluding hydrogens is 142 g/mol. The first-order valence-electron chi connectivity index (χ1n) is 3.85. The van der Waals surface area contributed by atoms with Gasteiger partial charge in [-0.3, -0.25) is 4.79 Å². The average molecular weight is 159 g/mol. The van der Waals surface area contributed by atoms with Crippen molar-refractivity contribution in [3.63, 3.8) is 0 Å². The molecular formula is C8H17NO2. The molecule has 0 saturated carbocycles. The van der Waals surface area contributed by atoms with Crippen LogP contribution in [0.4, 0.5) is 0 Å². The fourth-order valence-corrected chi connectivity index (χ4v) is 0.968. The molecule has 0 bridgehead atoms. The Labute approximate surface area is 67.8 Å². The van der Waals surface area contributed by atoms with E-state index in [-0.39, 0.29) is 5.41 Å². The summed E-state index contributed by atoms with van der Waals surface area (Å²) in [5.41, 5.74) is -0.220. The molecule has 0 saturated heterocycles. The van der Waals surface area contributed by atoms with Gasteiger partial charge in [0.2, 0.25) is 0 Å². The van der Waals surface area contributed by atoms with E-state index in [2.05, 4.69) is 5.32 Å². The van der Waals surface area contributed by atoms with Crippen LogP contribution in [0.3, 0.4) is 0 Å². The monoisotopic (exact) mass is 159 g/mol. The fraction of sp³-hybridized carbons (Fsp3) is 0.875. The van der Waals surface area contributed by atoms with Gasteiger partial charge in [-0.25, -0.2) is 0 Å². The highest BCUT2D eigenvalue weighted by atomic mass is 16.4. The van der Waals surface area contributed by atoms with Crippen molar-refractivity contribution in [1.82, 2.24) is 5.32 Å². The summed E-state index contributed by atoms with van der Waals surface area (Å²) in [5.74, 6) is -0.778. The molecule has 11 heavy (non-hydrogen) atoms. The van der Waals surface area contributed by atoms with E-state index in [0.29, 0.717) is 6.54 Å². The van der Waals surface area contributed by atoms with Gasteiger partial charge in [-0.2, -0.15) is 0 Å². The highest BCUT2D eigenvalue weighted by molar-refractivity contribution is 5.74. The molecule has 1 unspecified atom stereocenters. The lowest BCUT2D eigenvalue weighted by atomic mass is 9.87. The van der Waals surface area contributed by atoms with Gasteiger partial charge in [0.1, 0.15) is 6.04 Å². The summed E-state index contributed by atoms with van der Waals surface area (Å²) in [6, 6.07) is -0.451. The zero-order valence-corrected chi connectivity index (χ0v) is 7.64. The van der Waals surface area contributed by atoms with Gasteiger partial charge in [0.05, 0.1) is 0 Å². The molecule has 3 heteroatoms. The molecule has 0 fully saturated rings. The van der Waals surface area contributed by atoms with Crippen LogP contribution in [-0.4, -0.2) is 23.7 Å². The number of hydrogen-bond acceptors (Lipinski definition) is 2. The summed E-state index contributed by atoms with van der Waals surface area (Å²) in [6.45, 7) is 8.33. The van der Waals surface area contributed by atoms with Gasteiger partial charge in [-0.1, -0.05) is 27.7 Å². The van der Waals surface area contributed by atoms with Crippen molar-refractivity contribution in [3.8, 4) is 0 Å². The second-order valence-corrected chi connectivity index (χ2v) is 3.69. The van der Waals surface area contributed by atoms with E-state index in [4.69, 9.17) is 5.11 Å². The van der Waals surface area contributed by atoms with Crippen molar-refractivity contribution in [2.75, 3.05) is 6.54 Å². The number of carboxylic acids is 1. The third-order valence-electron chi connectivity index (χ3n) is 1.52. The van der Waals surface area contributed by atoms with Crippen LogP contribution < -0.4 is 5.32 Å². The van der Waals surface area contributed by atoms with Gasteiger partial charge in [0.15, 0.2) is 0 Å². The minimum Gasteiger partial charge on any atom is -0.480 e. The second-order valence-electron chi connectivity index (χ2n) is 3.69. The summed E-state index contributed by atoms with van der Waals surface area (Å²) >= 11 is 0. The van der Waals surface area contributed by atoms with Crippen molar-refractivity contribution in [2.24, 2.45) is 5.41 Å². The summed E-state index contributed by atoms with van der Waals surface area (Å²) in [6.07, 6.45) is 0. The SMILES string of the molecule is CCNC(C(=O)O)C(C)(C)C. The number of nitrogens with one attached hydrogen (secondary N) is 1. The molecule has 0 heterocycles. The number of aliphatic carboxylic acids is 1. The van der Waals surface area contributed by atoms with Gasteiger partial charge < -0.3 is 10.4 Å². The Hall–Kier alpha value is -0.570. The van der Waals surface area contributed by atoms with Crippen LogP contribution in [0.15, 0.2) is 0 Å². The molecule has 0 spiro atoms. The topological polar surface area (TPSA) is 49.3 Å². The van der Waals surface area contributed by atoms with E-state index in [9.17, 15) is 4.79 Å². The van der Waals surface area contributed by atoms with Crippen molar-refractivity contribution < 1.29 is 9.90 Å². The molecule has 0 aliphatic carbocycles. The third kappa shape index (κ3) is 3.37. The molecule has 0 radical (unpaired) electrons. The van der Waals surface area contributed by atoms with Gasteiger partial charge in [0.25, 0.3) is 0 Å². The highest BCUT2D eigenvalue weighted by Gasteiger charge is 2.29. The number of rotatable bonds is 3. The summed E-state index contributed by atoms with van der Waals surface area (Å²) in [7, 11) is 0. The van der Waals surface area contributed by atoms with Crippen LogP contribution in [-0.2, 0) is 4.79 Å². The first-order chi connectivity index (χ1) is 4.89. The largest absolute Gasteiger partial charge is 0.480 e. The predicted molar refractivity (Wildman–Crippen MR) is 44.6 cm³/mol. The van der Waals surface area contributed by atoms with Crippen LogP contribution in [0, 0.1) is 5.41 Å². The molecule has 0 amide bonds. The van der Waals surface area contributed by atoms with Crippen molar-refractivity contribution in [3.05, 3.63) is 0 Å². The molecule has 0 aliphatic heterocycles.